The third-order valence-electron chi connectivity index (χ3n) is 2.89. The minimum atomic E-state index is -0.874. The van der Waals surface area contributed by atoms with Crippen molar-refractivity contribution >= 4 is 5.97 Å². The van der Waals surface area contributed by atoms with Crippen molar-refractivity contribution in [2.45, 2.75) is 45.7 Å². The van der Waals surface area contributed by atoms with Gasteiger partial charge in [0, 0.05) is 6.07 Å². The van der Waals surface area contributed by atoms with Crippen LogP contribution in [0.1, 0.15) is 38.1 Å². The van der Waals surface area contributed by atoms with Crippen LogP contribution in [-0.4, -0.2) is 21.8 Å². The maximum atomic E-state index is 11.2. The van der Waals surface area contributed by atoms with E-state index in [2.05, 4.69) is 10.5 Å². The van der Waals surface area contributed by atoms with E-state index < -0.39 is 11.5 Å². The molecule has 1 aromatic rings. The van der Waals surface area contributed by atoms with Crippen LogP contribution in [0.15, 0.2) is 10.6 Å². The molecule has 0 atom stereocenters. The van der Waals surface area contributed by atoms with Crippen LogP contribution >= 0.6 is 0 Å². The summed E-state index contributed by atoms with van der Waals surface area (Å²) in [4.78, 5) is 11.2. The Hall–Kier alpha value is -1.36. The van der Waals surface area contributed by atoms with Crippen LogP contribution in [0, 0.1) is 6.92 Å². The van der Waals surface area contributed by atoms with E-state index in [1.165, 1.54) is 0 Å². The van der Waals surface area contributed by atoms with E-state index in [0.717, 1.165) is 5.69 Å². The number of aryl methyl sites for hydroxylation is 1. The zero-order valence-electron chi connectivity index (χ0n) is 9.91. The third-order valence-corrected chi connectivity index (χ3v) is 2.89. The number of carbonyl (C=O) groups is 1. The number of carboxylic acids is 1. The highest BCUT2D eigenvalue weighted by Gasteiger charge is 2.34. The van der Waals surface area contributed by atoms with Gasteiger partial charge in [-0.3, -0.25) is 10.1 Å². The quantitative estimate of drug-likeness (QED) is 0.772. The molecule has 0 saturated heterocycles. The van der Waals surface area contributed by atoms with Gasteiger partial charge in [-0.15, -0.1) is 0 Å². The Morgan fingerprint density at radius 3 is 2.56 bits per heavy atom. The first-order valence-electron chi connectivity index (χ1n) is 5.44. The summed E-state index contributed by atoms with van der Waals surface area (Å²) in [6, 6.07) is 1.80. The predicted octanol–water partition coefficient (Wildman–Crippen LogP) is 1.72. The normalized spacial score (nSPS) is 11.7. The van der Waals surface area contributed by atoms with Gasteiger partial charge in [0.25, 0.3) is 0 Å². The van der Waals surface area contributed by atoms with Crippen LogP contribution in [0.4, 0.5) is 0 Å². The molecule has 0 bridgehead atoms. The predicted molar refractivity (Wildman–Crippen MR) is 59.0 cm³/mol. The monoisotopic (exact) mass is 226 g/mol. The molecule has 0 fully saturated rings. The summed E-state index contributed by atoms with van der Waals surface area (Å²) >= 11 is 0. The number of carboxylic acid groups (broad SMARTS) is 1. The zero-order valence-corrected chi connectivity index (χ0v) is 9.91. The molecule has 16 heavy (non-hydrogen) atoms. The van der Waals surface area contributed by atoms with Gasteiger partial charge < -0.3 is 9.63 Å². The van der Waals surface area contributed by atoms with E-state index in [4.69, 9.17) is 4.52 Å². The number of aromatic nitrogens is 1. The van der Waals surface area contributed by atoms with E-state index in [0.29, 0.717) is 25.1 Å². The van der Waals surface area contributed by atoms with E-state index in [-0.39, 0.29) is 0 Å². The van der Waals surface area contributed by atoms with Crippen molar-refractivity contribution in [3.63, 3.8) is 0 Å². The minimum Gasteiger partial charge on any atom is -0.480 e. The van der Waals surface area contributed by atoms with Crippen molar-refractivity contribution in [2.24, 2.45) is 0 Å². The second kappa shape index (κ2) is 5.12. The third kappa shape index (κ3) is 2.61. The number of rotatable bonds is 6. The molecule has 0 aliphatic rings. The Kier molecular flexibility index (Phi) is 4.06. The van der Waals surface area contributed by atoms with Crippen LogP contribution < -0.4 is 5.32 Å². The minimum absolute atomic E-state index is 0.384. The number of nitrogens with one attached hydrogen (secondary N) is 1. The molecule has 0 unspecified atom stereocenters. The van der Waals surface area contributed by atoms with Gasteiger partial charge in [-0.2, -0.15) is 0 Å². The first kappa shape index (κ1) is 12.7. The molecule has 0 radical (unpaired) electrons. The van der Waals surface area contributed by atoms with Crippen LogP contribution in [0.3, 0.4) is 0 Å². The fourth-order valence-electron chi connectivity index (χ4n) is 1.63. The van der Waals surface area contributed by atoms with E-state index in [1.54, 1.807) is 6.07 Å². The summed E-state index contributed by atoms with van der Waals surface area (Å²) in [6.45, 7) is 5.93. The Bertz CT molecular complexity index is 356. The number of hydrogen-bond donors (Lipinski definition) is 2. The Morgan fingerprint density at radius 2 is 2.19 bits per heavy atom. The first-order valence-corrected chi connectivity index (χ1v) is 5.44. The summed E-state index contributed by atoms with van der Waals surface area (Å²) in [6.07, 6.45) is 1.07. The molecular formula is C11H18N2O3. The summed E-state index contributed by atoms with van der Waals surface area (Å²) in [5, 5.41) is 16.0. The molecule has 0 amide bonds. The molecule has 0 aromatic carbocycles. The van der Waals surface area contributed by atoms with Gasteiger partial charge in [-0.25, -0.2) is 0 Å². The molecule has 2 N–H and O–H groups in total. The average molecular weight is 226 g/mol. The van der Waals surface area contributed by atoms with Gasteiger partial charge in [0.1, 0.15) is 5.54 Å². The molecule has 0 saturated carbocycles. The second-order valence-electron chi connectivity index (χ2n) is 3.88. The van der Waals surface area contributed by atoms with Crippen molar-refractivity contribution in [1.29, 1.82) is 0 Å². The van der Waals surface area contributed by atoms with E-state index in [9.17, 15) is 9.90 Å². The molecule has 1 aromatic heterocycles. The highest BCUT2D eigenvalue weighted by molar-refractivity contribution is 5.78. The molecule has 1 rings (SSSR count). The summed E-state index contributed by atoms with van der Waals surface area (Å²) in [7, 11) is 0. The van der Waals surface area contributed by atoms with Crippen molar-refractivity contribution in [3.05, 3.63) is 17.5 Å². The maximum absolute atomic E-state index is 11.2. The molecule has 0 aliphatic carbocycles. The summed E-state index contributed by atoms with van der Waals surface area (Å²) in [5.41, 5.74) is -0.0773. The van der Waals surface area contributed by atoms with Crippen molar-refractivity contribution in [1.82, 2.24) is 10.5 Å². The summed E-state index contributed by atoms with van der Waals surface area (Å²) < 4.78 is 5.02. The van der Waals surface area contributed by atoms with Crippen LogP contribution in [0.25, 0.3) is 0 Å². The molecular weight excluding hydrogens is 208 g/mol. The molecule has 5 heteroatoms. The van der Waals surface area contributed by atoms with Crippen molar-refractivity contribution in [2.75, 3.05) is 0 Å². The number of aliphatic carboxylic acids is 1. The smallest absolute Gasteiger partial charge is 0.323 e. The van der Waals surface area contributed by atoms with Gasteiger partial charge in [0.2, 0.25) is 0 Å². The fourth-order valence-corrected chi connectivity index (χ4v) is 1.63. The van der Waals surface area contributed by atoms with Crippen LogP contribution in [0.2, 0.25) is 0 Å². The number of hydrogen-bond acceptors (Lipinski definition) is 4. The lowest BCUT2D eigenvalue weighted by Gasteiger charge is -2.27. The highest BCUT2D eigenvalue weighted by Crippen LogP contribution is 2.16. The molecule has 0 aliphatic heterocycles. The van der Waals surface area contributed by atoms with Gasteiger partial charge in [-0.05, 0) is 19.8 Å². The Labute approximate surface area is 94.8 Å². The Balaban J connectivity index is 2.67. The average Bonchev–Trinajstić information content (AvgIpc) is 2.66. The van der Waals surface area contributed by atoms with Gasteiger partial charge in [0.05, 0.1) is 12.2 Å². The van der Waals surface area contributed by atoms with Crippen molar-refractivity contribution < 1.29 is 14.4 Å². The van der Waals surface area contributed by atoms with Crippen LogP contribution in [0.5, 0.6) is 0 Å². The SMILES string of the molecule is CCC(CC)(NCc1cc(C)no1)C(=O)O. The highest BCUT2D eigenvalue weighted by atomic mass is 16.5. The standard InChI is InChI=1S/C11H18N2O3/c1-4-11(5-2,10(14)15)12-7-9-6-8(3)13-16-9/h6,12H,4-5,7H2,1-3H3,(H,14,15). The van der Waals surface area contributed by atoms with Gasteiger partial charge >= 0.3 is 5.97 Å². The topological polar surface area (TPSA) is 75.4 Å². The first-order chi connectivity index (χ1) is 7.54. The van der Waals surface area contributed by atoms with Gasteiger partial charge in [0.15, 0.2) is 5.76 Å². The van der Waals surface area contributed by atoms with Crippen molar-refractivity contribution in [3.8, 4) is 0 Å². The molecule has 5 nitrogen and oxygen atoms in total. The largest absolute Gasteiger partial charge is 0.480 e. The lowest BCUT2D eigenvalue weighted by atomic mass is 9.93. The molecule has 0 spiro atoms. The zero-order chi connectivity index (χ0) is 12.2. The summed E-state index contributed by atoms with van der Waals surface area (Å²) in [5.74, 6) is -0.168. The van der Waals surface area contributed by atoms with E-state index in [1.807, 2.05) is 20.8 Å². The van der Waals surface area contributed by atoms with Crippen LogP contribution in [-0.2, 0) is 11.3 Å². The molecule has 90 valence electrons. The fraction of sp³-hybridized carbons (Fsp3) is 0.636. The lowest BCUT2D eigenvalue weighted by molar-refractivity contribution is -0.145. The van der Waals surface area contributed by atoms with Gasteiger partial charge in [-0.1, -0.05) is 19.0 Å². The number of nitrogens with zero attached hydrogens (tertiary/aromatic N) is 1. The molecule has 1 heterocycles. The lowest BCUT2D eigenvalue weighted by Crippen LogP contribution is -2.50. The Morgan fingerprint density at radius 1 is 1.56 bits per heavy atom. The van der Waals surface area contributed by atoms with E-state index >= 15 is 0 Å². The maximum Gasteiger partial charge on any atom is 0.323 e. The second-order valence-corrected chi connectivity index (χ2v) is 3.88.